The van der Waals surface area contributed by atoms with E-state index in [1.807, 2.05) is 16.8 Å². The van der Waals surface area contributed by atoms with E-state index >= 15 is 0 Å². The second-order valence-electron chi connectivity index (χ2n) is 5.40. The zero-order valence-corrected chi connectivity index (χ0v) is 11.1. The second-order valence-corrected chi connectivity index (χ2v) is 5.40. The van der Waals surface area contributed by atoms with Crippen LogP contribution in [-0.2, 0) is 18.4 Å². The van der Waals surface area contributed by atoms with Gasteiger partial charge in [0.25, 0.3) is 0 Å². The van der Waals surface area contributed by atoms with Crippen LogP contribution in [0.25, 0.3) is 0 Å². The summed E-state index contributed by atoms with van der Waals surface area (Å²) in [6, 6.07) is 4.02. The van der Waals surface area contributed by atoms with Crippen LogP contribution in [0.15, 0.2) is 24.5 Å². The van der Waals surface area contributed by atoms with Crippen molar-refractivity contribution in [1.82, 2.24) is 20.0 Å². The molecule has 0 unspecified atom stereocenters. The minimum absolute atomic E-state index is 0.0498. The lowest BCUT2D eigenvalue weighted by atomic mass is 9.92. The Bertz CT molecular complexity index is 510. The average Bonchev–Trinajstić information content (AvgIpc) is 2.69. The molecule has 0 spiro atoms. The molecule has 0 saturated carbocycles. The molecule has 0 radical (unpaired) electrons. The largest absolute Gasteiger partial charge is 0.381 e. The first-order chi connectivity index (χ1) is 8.48. The molecule has 0 saturated heterocycles. The Balaban J connectivity index is 2.16. The van der Waals surface area contributed by atoms with E-state index in [-0.39, 0.29) is 5.41 Å². The molecule has 2 aromatic heterocycles. The van der Waals surface area contributed by atoms with Crippen molar-refractivity contribution < 1.29 is 0 Å². The standard InChI is InChI=1S/C13H19N5/c1-13(2,3)11-12(14)16-17-18(11)9-6-10-4-7-15-8-5-10/h4-5,7-8H,6,9,14H2,1-3H3. The molecule has 0 amide bonds. The highest BCUT2D eigenvalue weighted by Gasteiger charge is 2.23. The fourth-order valence-electron chi connectivity index (χ4n) is 2.04. The first-order valence-electron chi connectivity index (χ1n) is 6.07. The van der Waals surface area contributed by atoms with Crippen molar-refractivity contribution in [3.63, 3.8) is 0 Å². The van der Waals surface area contributed by atoms with Crippen LogP contribution in [0.5, 0.6) is 0 Å². The van der Waals surface area contributed by atoms with E-state index in [1.165, 1.54) is 5.56 Å². The lowest BCUT2D eigenvalue weighted by Crippen LogP contribution is -2.20. The summed E-state index contributed by atoms with van der Waals surface area (Å²) in [5.41, 5.74) is 8.07. The summed E-state index contributed by atoms with van der Waals surface area (Å²) >= 11 is 0. The third kappa shape index (κ3) is 2.67. The molecule has 96 valence electrons. The zero-order chi connectivity index (χ0) is 13.2. The summed E-state index contributed by atoms with van der Waals surface area (Å²) < 4.78 is 1.90. The number of pyridine rings is 1. The number of aromatic nitrogens is 4. The van der Waals surface area contributed by atoms with Crippen LogP contribution in [0.1, 0.15) is 32.0 Å². The molecule has 5 nitrogen and oxygen atoms in total. The van der Waals surface area contributed by atoms with Crippen LogP contribution in [-0.4, -0.2) is 20.0 Å². The van der Waals surface area contributed by atoms with Gasteiger partial charge in [0.15, 0.2) is 5.82 Å². The average molecular weight is 245 g/mol. The van der Waals surface area contributed by atoms with Gasteiger partial charge in [-0.15, -0.1) is 5.10 Å². The maximum Gasteiger partial charge on any atom is 0.169 e. The SMILES string of the molecule is CC(C)(C)c1c(N)nnn1CCc1ccncc1. The number of anilines is 1. The molecule has 2 N–H and O–H groups in total. The van der Waals surface area contributed by atoms with Crippen molar-refractivity contribution in [3.05, 3.63) is 35.8 Å². The number of nitrogen functional groups attached to an aromatic ring is 1. The van der Waals surface area contributed by atoms with Gasteiger partial charge in [0.1, 0.15) is 0 Å². The van der Waals surface area contributed by atoms with Crippen molar-refractivity contribution >= 4 is 5.82 Å². The van der Waals surface area contributed by atoms with E-state index in [2.05, 4.69) is 36.1 Å². The van der Waals surface area contributed by atoms with Crippen LogP contribution in [0.4, 0.5) is 5.82 Å². The second kappa shape index (κ2) is 4.76. The molecular formula is C13H19N5. The summed E-state index contributed by atoms with van der Waals surface area (Å²) in [5.74, 6) is 0.525. The number of aryl methyl sites for hydroxylation is 2. The van der Waals surface area contributed by atoms with Gasteiger partial charge >= 0.3 is 0 Å². The van der Waals surface area contributed by atoms with E-state index in [1.54, 1.807) is 12.4 Å². The minimum Gasteiger partial charge on any atom is -0.381 e. The predicted octanol–water partition coefficient (Wildman–Crippen LogP) is 1.80. The van der Waals surface area contributed by atoms with Gasteiger partial charge in [-0.3, -0.25) is 4.98 Å². The Hall–Kier alpha value is -1.91. The summed E-state index contributed by atoms with van der Waals surface area (Å²) in [4.78, 5) is 4.01. The first-order valence-corrected chi connectivity index (χ1v) is 6.07. The van der Waals surface area contributed by atoms with Crippen molar-refractivity contribution in [1.29, 1.82) is 0 Å². The number of rotatable bonds is 3. The summed E-state index contributed by atoms with van der Waals surface area (Å²) in [5, 5.41) is 8.10. The lowest BCUT2D eigenvalue weighted by Gasteiger charge is -2.20. The Kier molecular flexibility index (Phi) is 3.32. The van der Waals surface area contributed by atoms with E-state index in [4.69, 9.17) is 5.73 Å². The van der Waals surface area contributed by atoms with E-state index in [0.29, 0.717) is 5.82 Å². The third-order valence-electron chi connectivity index (χ3n) is 2.83. The van der Waals surface area contributed by atoms with Crippen LogP contribution in [0, 0.1) is 0 Å². The monoisotopic (exact) mass is 245 g/mol. The summed E-state index contributed by atoms with van der Waals surface area (Å²) in [7, 11) is 0. The number of hydrogen-bond donors (Lipinski definition) is 1. The number of hydrogen-bond acceptors (Lipinski definition) is 4. The minimum atomic E-state index is -0.0498. The van der Waals surface area contributed by atoms with Crippen molar-refractivity contribution in [2.75, 3.05) is 5.73 Å². The first kappa shape index (κ1) is 12.5. The van der Waals surface area contributed by atoms with Gasteiger partial charge in [0, 0.05) is 24.4 Å². The summed E-state index contributed by atoms with van der Waals surface area (Å²) in [6.45, 7) is 7.13. The smallest absolute Gasteiger partial charge is 0.169 e. The Morgan fingerprint density at radius 3 is 2.50 bits per heavy atom. The summed E-state index contributed by atoms with van der Waals surface area (Å²) in [6.07, 6.45) is 4.50. The Labute approximate surface area is 107 Å². The van der Waals surface area contributed by atoms with Crippen LogP contribution >= 0.6 is 0 Å². The fourth-order valence-corrected chi connectivity index (χ4v) is 2.04. The van der Waals surface area contributed by atoms with Gasteiger partial charge in [-0.2, -0.15) is 0 Å². The van der Waals surface area contributed by atoms with Crippen molar-refractivity contribution in [3.8, 4) is 0 Å². The molecule has 2 heterocycles. The molecule has 5 heteroatoms. The van der Waals surface area contributed by atoms with E-state index < -0.39 is 0 Å². The van der Waals surface area contributed by atoms with Crippen LogP contribution < -0.4 is 5.73 Å². The molecule has 2 aromatic rings. The molecule has 0 aliphatic heterocycles. The molecular weight excluding hydrogens is 226 g/mol. The maximum absolute atomic E-state index is 5.89. The third-order valence-corrected chi connectivity index (χ3v) is 2.83. The van der Waals surface area contributed by atoms with Gasteiger partial charge < -0.3 is 5.73 Å². The Morgan fingerprint density at radius 1 is 1.22 bits per heavy atom. The van der Waals surface area contributed by atoms with Crippen molar-refractivity contribution in [2.45, 2.75) is 39.2 Å². The van der Waals surface area contributed by atoms with Gasteiger partial charge in [-0.1, -0.05) is 26.0 Å². The van der Waals surface area contributed by atoms with Crippen LogP contribution in [0.2, 0.25) is 0 Å². The zero-order valence-electron chi connectivity index (χ0n) is 11.1. The molecule has 0 aromatic carbocycles. The number of nitrogens with zero attached hydrogens (tertiary/aromatic N) is 4. The lowest BCUT2D eigenvalue weighted by molar-refractivity contribution is 0.481. The van der Waals surface area contributed by atoms with E-state index in [0.717, 1.165) is 18.7 Å². The number of nitrogens with two attached hydrogens (primary N) is 1. The van der Waals surface area contributed by atoms with Gasteiger partial charge in [0.2, 0.25) is 0 Å². The van der Waals surface area contributed by atoms with Gasteiger partial charge in [-0.05, 0) is 24.1 Å². The van der Waals surface area contributed by atoms with Gasteiger partial charge in [0.05, 0.1) is 5.69 Å². The van der Waals surface area contributed by atoms with Gasteiger partial charge in [-0.25, -0.2) is 4.68 Å². The quantitative estimate of drug-likeness (QED) is 0.895. The Morgan fingerprint density at radius 2 is 1.89 bits per heavy atom. The highest BCUT2D eigenvalue weighted by atomic mass is 15.4. The maximum atomic E-state index is 5.89. The highest BCUT2D eigenvalue weighted by molar-refractivity contribution is 5.37. The molecule has 0 aliphatic rings. The fraction of sp³-hybridized carbons (Fsp3) is 0.462. The van der Waals surface area contributed by atoms with Crippen LogP contribution in [0.3, 0.4) is 0 Å². The molecule has 0 bridgehead atoms. The molecule has 0 aliphatic carbocycles. The normalized spacial score (nSPS) is 11.7. The molecule has 0 fully saturated rings. The van der Waals surface area contributed by atoms with Crippen molar-refractivity contribution in [2.24, 2.45) is 0 Å². The molecule has 0 atom stereocenters. The van der Waals surface area contributed by atoms with E-state index in [9.17, 15) is 0 Å². The predicted molar refractivity (Wildman–Crippen MR) is 71.1 cm³/mol. The highest BCUT2D eigenvalue weighted by Crippen LogP contribution is 2.25. The molecule has 18 heavy (non-hydrogen) atoms. The molecule has 2 rings (SSSR count). The topological polar surface area (TPSA) is 69.6 Å².